The van der Waals surface area contributed by atoms with Crippen LogP contribution in [-0.4, -0.2) is 40.3 Å². The third-order valence-corrected chi connectivity index (χ3v) is 5.92. The molecule has 2 bridgehead atoms. The molecule has 0 unspecified atom stereocenters. The predicted octanol–water partition coefficient (Wildman–Crippen LogP) is 1.26. The van der Waals surface area contributed by atoms with E-state index in [1.54, 1.807) is 6.07 Å². The Labute approximate surface area is 158 Å². The SMILES string of the molecule is Cc1n[nH]c(C)c1CCCNC(=O)c1ccc2n(c1=O)C[C@@H]1CNC[C@H]2C1. The molecular weight excluding hydrogens is 342 g/mol. The van der Waals surface area contributed by atoms with Crippen LogP contribution in [0.15, 0.2) is 16.9 Å². The lowest BCUT2D eigenvalue weighted by molar-refractivity contribution is 0.0950. The number of H-pyrrole nitrogens is 1. The number of carbonyl (C=O) groups is 1. The maximum atomic E-state index is 12.9. The van der Waals surface area contributed by atoms with Crippen molar-refractivity contribution in [1.29, 1.82) is 0 Å². The summed E-state index contributed by atoms with van der Waals surface area (Å²) in [6.07, 6.45) is 2.80. The molecule has 27 heavy (non-hydrogen) atoms. The van der Waals surface area contributed by atoms with Gasteiger partial charge in [0.05, 0.1) is 5.69 Å². The van der Waals surface area contributed by atoms with E-state index in [1.165, 1.54) is 5.56 Å². The fraction of sp³-hybridized carbons (Fsp3) is 0.550. The zero-order chi connectivity index (χ0) is 19.0. The number of rotatable bonds is 5. The summed E-state index contributed by atoms with van der Waals surface area (Å²) in [5.74, 6) is 0.585. The van der Waals surface area contributed by atoms with Crippen LogP contribution in [0, 0.1) is 19.8 Å². The molecule has 4 rings (SSSR count). The summed E-state index contributed by atoms with van der Waals surface area (Å²) in [4.78, 5) is 25.4. The van der Waals surface area contributed by atoms with Gasteiger partial charge in [0.2, 0.25) is 0 Å². The predicted molar refractivity (Wildman–Crippen MR) is 103 cm³/mol. The zero-order valence-corrected chi connectivity index (χ0v) is 16.0. The zero-order valence-electron chi connectivity index (χ0n) is 16.0. The number of aromatic amines is 1. The van der Waals surface area contributed by atoms with Gasteiger partial charge in [0.1, 0.15) is 5.56 Å². The highest BCUT2D eigenvalue weighted by molar-refractivity contribution is 5.93. The van der Waals surface area contributed by atoms with E-state index in [4.69, 9.17) is 0 Å². The maximum absolute atomic E-state index is 12.9. The molecule has 0 aromatic carbocycles. The number of pyridine rings is 1. The van der Waals surface area contributed by atoms with Crippen LogP contribution in [-0.2, 0) is 13.0 Å². The standard InChI is InChI=1S/C20H27N5O2/c1-12-16(13(2)24-23-12)4-3-7-22-19(26)17-5-6-18-15-8-14(9-21-10-15)11-25(18)20(17)27/h5-6,14-15,21H,3-4,7-11H2,1-2H3,(H,22,26)(H,23,24)/t14-,15+/m0/s1. The number of aryl methyl sites for hydroxylation is 2. The molecule has 1 amide bonds. The van der Waals surface area contributed by atoms with Crippen molar-refractivity contribution >= 4 is 5.91 Å². The Morgan fingerprint density at radius 1 is 1.33 bits per heavy atom. The summed E-state index contributed by atoms with van der Waals surface area (Å²) in [7, 11) is 0. The van der Waals surface area contributed by atoms with E-state index in [1.807, 2.05) is 24.5 Å². The molecule has 7 nitrogen and oxygen atoms in total. The van der Waals surface area contributed by atoms with Gasteiger partial charge >= 0.3 is 0 Å². The molecule has 3 N–H and O–H groups in total. The molecule has 2 atom stereocenters. The highest BCUT2D eigenvalue weighted by Gasteiger charge is 2.31. The van der Waals surface area contributed by atoms with Crippen molar-refractivity contribution in [3.63, 3.8) is 0 Å². The van der Waals surface area contributed by atoms with E-state index in [2.05, 4.69) is 20.8 Å². The minimum Gasteiger partial charge on any atom is -0.352 e. The van der Waals surface area contributed by atoms with Crippen LogP contribution in [0.4, 0.5) is 0 Å². The number of amides is 1. The van der Waals surface area contributed by atoms with Crippen molar-refractivity contribution in [2.75, 3.05) is 19.6 Å². The lowest BCUT2D eigenvalue weighted by atomic mass is 9.84. The average Bonchev–Trinajstić information content (AvgIpc) is 2.98. The summed E-state index contributed by atoms with van der Waals surface area (Å²) in [5.41, 5.74) is 4.45. The van der Waals surface area contributed by atoms with E-state index in [9.17, 15) is 9.59 Å². The molecular formula is C20H27N5O2. The molecule has 144 valence electrons. The van der Waals surface area contributed by atoms with E-state index in [0.29, 0.717) is 24.9 Å². The molecule has 0 radical (unpaired) electrons. The van der Waals surface area contributed by atoms with Crippen molar-refractivity contribution in [2.45, 2.75) is 45.6 Å². The van der Waals surface area contributed by atoms with Gasteiger partial charge in [-0.15, -0.1) is 0 Å². The summed E-state index contributed by atoms with van der Waals surface area (Å²) in [5, 5.41) is 13.5. The lowest BCUT2D eigenvalue weighted by Crippen LogP contribution is -2.46. The number of nitrogens with one attached hydrogen (secondary N) is 3. The van der Waals surface area contributed by atoms with E-state index < -0.39 is 0 Å². The lowest BCUT2D eigenvalue weighted by Gasteiger charge is -2.37. The number of nitrogens with zero attached hydrogens (tertiary/aromatic N) is 2. The van der Waals surface area contributed by atoms with Crippen LogP contribution < -0.4 is 16.2 Å². The van der Waals surface area contributed by atoms with Gasteiger partial charge < -0.3 is 15.2 Å². The molecule has 4 heterocycles. The fourth-order valence-corrected chi connectivity index (χ4v) is 4.47. The second-order valence-corrected chi connectivity index (χ2v) is 7.82. The molecule has 1 saturated heterocycles. The van der Waals surface area contributed by atoms with Gasteiger partial charge in [-0.25, -0.2) is 0 Å². The quantitative estimate of drug-likeness (QED) is 0.692. The van der Waals surface area contributed by atoms with Crippen LogP contribution in [0.5, 0.6) is 0 Å². The number of carbonyl (C=O) groups excluding carboxylic acids is 1. The van der Waals surface area contributed by atoms with Gasteiger partial charge in [0, 0.05) is 36.9 Å². The average molecular weight is 369 g/mol. The Morgan fingerprint density at radius 2 is 2.19 bits per heavy atom. The molecule has 7 heteroatoms. The summed E-state index contributed by atoms with van der Waals surface area (Å²) >= 11 is 0. The number of fused-ring (bicyclic) bond motifs is 4. The summed E-state index contributed by atoms with van der Waals surface area (Å²) < 4.78 is 1.83. The van der Waals surface area contributed by atoms with Crippen LogP contribution in [0.3, 0.4) is 0 Å². The Bertz CT molecular complexity index is 894. The Kier molecular flexibility index (Phi) is 4.86. The normalized spacial score (nSPS) is 21.0. The first-order chi connectivity index (χ1) is 13.0. The van der Waals surface area contributed by atoms with Gasteiger partial charge in [-0.1, -0.05) is 0 Å². The highest BCUT2D eigenvalue weighted by Crippen LogP contribution is 2.31. The van der Waals surface area contributed by atoms with Gasteiger partial charge in [-0.3, -0.25) is 14.7 Å². The maximum Gasteiger partial charge on any atom is 0.263 e. The largest absolute Gasteiger partial charge is 0.352 e. The second-order valence-electron chi connectivity index (χ2n) is 7.82. The van der Waals surface area contributed by atoms with Crippen molar-refractivity contribution < 1.29 is 4.79 Å². The van der Waals surface area contributed by atoms with E-state index >= 15 is 0 Å². The molecule has 2 aromatic rings. The molecule has 2 aliphatic rings. The second kappa shape index (κ2) is 7.31. The number of hydrogen-bond acceptors (Lipinski definition) is 4. The van der Waals surface area contributed by atoms with Gasteiger partial charge in [0.15, 0.2) is 0 Å². The third-order valence-electron chi connectivity index (χ3n) is 5.92. The van der Waals surface area contributed by atoms with E-state index in [0.717, 1.165) is 49.4 Å². The number of piperidine rings is 1. The molecule has 2 aromatic heterocycles. The van der Waals surface area contributed by atoms with Gasteiger partial charge in [-0.05, 0) is 63.3 Å². The number of hydrogen-bond donors (Lipinski definition) is 3. The highest BCUT2D eigenvalue weighted by atomic mass is 16.2. The van der Waals surface area contributed by atoms with Gasteiger partial charge in [0.25, 0.3) is 11.5 Å². The van der Waals surface area contributed by atoms with Crippen LogP contribution in [0.25, 0.3) is 0 Å². The van der Waals surface area contributed by atoms with Gasteiger partial charge in [-0.2, -0.15) is 5.10 Å². The van der Waals surface area contributed by atoms with Crippen LogP contribution >= 0.6 is 0 Å². The summed E-state index contributed by atoms with van der Waals surface area (Å²) in [6.45, 7) is 7.10. The van der Waals surface area contributed by atoms with Crippen LogP contribution in [0.1, 0.15) is 51.8 Å². The minimum absolute atomic E-state index is 0.150. The Balaban J connectivity index is 1.41. The Hall–Kier alpha value is -2.41. The third kappa shape index (κ3) is 3.43. The molecule has 0 aliphatic carbocycles. The fourth-order valence-electron chi connectivity index (χ4n) is 4.47. The molecule has 1 fully saturated rings. The first-order valence-corrected chi connectivity index (χ1v) is 9.77. The minimum atomic E-state index is -0.273. The van der Waals surface area contributed by atoms with Crippen LogP contribution in [0.2, 0.25) is 0 Å². The molecule has 2 aliphatic heterocycles. The Morgan fingerprint density at radius 3 is 2.96 bits per heavy atom. The van der Waals surface area contributed by atoms with Crippen molar-refractivity contribution in [1.82, 2.24) is 25.4 Å². The van der Waals surface area contributed by atoms with Crippen molar-refractivity contribution in [2.24, 2.45) is 5.92 Å². The van der Waals surface area contributed by atoms with E-state index in [-0.39, 0.29) is 17.0 Å². The first kappa shape index (κ1) is 18.0. The smallest absolute Gasteiger partial charge is 0.263 e. The number of aromatic nitrogens is 3. The monoisotopic (exact) mass is 369 g/mol. The summed E-state index contributed by atoms with van der Waals surface area (Å²) in [6, 6.07) is 3.66. The topological polar surface area (TPSA) is 91.8 Å². The molecule has 0 spiro atoms. The van der Waals surface area contributed by atoms with Crippen molar-refractivity contribution in [3.8, 4) is 0 Å². The first-order valence-electron chi connectivity index (χ1n) is 9.77. The van der Waals surface area contributed by atoms with Crippen molar-refractivity contribution in [3.05, 3.63) is 50.7 Å². The molecule has 0 saturated carbocycles.